The summed E-state index contributed by atoms with van der Waals surface area (Å²) < 4.78 is 0. The summed E-state index contributed by atoms with van der Waals surface area (Å²) in [6.45, 7) is 3.44. The van der Waals surface area contributed by atoms with E-state index in [0.717, 1.165) is 30.4 Å². The summed E-state index contributed by atoms with van der Waals surface area (Å²) >= 11 is 0. The molecule has 3 aromatic carbocycles. The number of carboxylic acids is 1. The van der Waals surface area contributed by atoms with Crippen molar-refractivity contribution in [3.8, 4) is 11.1 Å². The molecule has 4 heteroatoms. The van der Waals surface area contributed by atoms with Gasteiger partial charge in [-0.3, -0.25) is 4.79 Å². The predicted molar refractivity (Wildman–Crippen MR) is 138 cm³/mol. The summed E-state index contributed by atoms with van der Waals surface area (Å²) in [5.41, 5.74) is 4.12. The SMILES string of the molecule is CCCCCCCC(=O)N(CCc1ccccc1)Cc1ccc(-c2ccccc2C(=O)O)cc1. The van der Waals surface area contributed by atoms with Gasteiger partial charge in [0.25, 0.3) is 0 Å². The maximum atomic E-state index is 13.1. The number of carbonyl (C=O) groups excluding carboxylic acids is 1. The molecule has 0 heterocycles. The molecule has 0 aliphatic rings. The highest BCUT2D eigenvalue weighted by Crippen LogP contribution is 2.24. The molecule has 1 N–H and O–H groups in total. The van der Waals surface area contributed by atoms with E-state index < -0.39 is 5.97 Å². The topological polar surface area (TPSA) is 57.6 Å². The third-order valence-corrected chi connectivity index (χ3v) is 6.16. The van der Waals surface area contributed by atoms with Crippen molar-refractivity contribution < 1.29 is 14.7 Å². The zero-order valence-electron chi connectivity index (χ0n) is 20.1. The van der Waals surface area contributed by atoms with E-state index in [0.29, 0.717) is 25.1 Å². The Balaban J connectivity index is 1.69. The first-order chi connectivity index (χ1) is 16.6. The Morgan fingerprint density at radius 2 is 1.44 bits per heavy atom. The summed E-state index contributed by atoms with van der Waals surface area (Å²) in [4.78, 5) is 26.6. The third-order valence-electron chi connectivity index (χ3n) is 6.16. The molecule has 0 bridgehead atoms. The van der Waals surface area contributed by atoms with E-state index in [9.17, 15) is 14.7 Å². The third kappa shape index (κ3) is 7.58. The summed E-state index contributed by atoms with van der Waals surface area (Å²) in [5, 5.41) is 9.49. The Labute approximate surface area is 203 Å². The summed E-state index contributed by atoms with van der Waals surface area (Å²) in [6.07, 6.45) is 7.06. The van der Waals surface area contributed by atoms with Crippen molar-refractivity contribution in [2.24, 2.45) is 0 Å². The first-order valence-corrected chi connectivity index (χ1v) is 12.3. The predicted octanol–water partition coefficient (Wildman–Crippen LogP) is 6.98. The van der Waals surface area contributed by atoms with E-state index in [2.05, 4.69) is 19.1 Å². The van der Waals surface area contributed by atoms with Crippen LogP contribution in [0, 0.1) is 0 Å². The maximum Gasteiger partial charge on any atom is 0.336 e. The van der Waals surface area contributed by atoms with Crippen molar-refractivity contribution in [3.63, 3.8) is 0 Å². The van der Waals surface area contributed by atoms with Gasteiger partial charge in [-0.05, 0) is 41.2 Å². The van der Waals surface area contributed by atoms with Crippen molar-refractivity contribution in [2.75, 3.05) is 6.54 Å². The van der Waals surface area contributed by atoms with Crippen LogP contribution in [0.15, 0.2) is 78.9 Å². The number of hydrogen-bond acceptors (Lipinski definition) is 2. The molecular weight excluding hydrogens is 422 g/mol. The summed E-state index contributed by atoms with van der Waals surface area (Å²) in [6, 6.07) is 25.2. The molecule has 178 valence electrons. The molecule has 1 amide bonds. The molecule has 0 aliphatic heterocycles. The first kappa shape index (κ1) is 25.2. The fourth-order valence-electron chi connectivity index (χ4n) is 4.17. The van der Waals surface area contributed by atoms with Gasteiger partial charge in [0.05, 0.1) is 5.56 Å². The molecule has 0 spiro atoms. The Bertz CT molecular complexity index is 1040. The van der Waals surface area contributed by atoms with E-state index in [1.165, 1.54) is 24.8 Å². The van der Waals surface area contributed by atoms with Gasteiger partial charge in [0.15, 0.2) is 0 Å². The minimum absolute atomic E-state index is 0.202. The lowest BCUT2D eigenvalue weighted by molar-refractivity contribution is -0.131. The smallest absolute Gasteiger partial charge is 0.336 e. The van der Waals surface area contributed by atoms with Crippen LogP contribution in [0.2, 0.25) is 0 Å². The quantitative estimate of drug-likeness (QED) is 0.282. The zero-order valence-corrected chi connectivity index (χ0v) is 20.1. The van der Waals surface area contributed by atoms with E-state index in [1.807, 2.05) is 59.5 Å². The summed E-state index contributed by atoms with van der Waals surface area (Å²) in [5.74, 6) is -0.732. The van der Waals surface area contributed by atoms with Crippen LogP contribution in [-0.4, -0.2) is 28.4 Å². The first-order valence-electron chi connectivity index (χ1n) is 12.3. The standard InChI is InChI=1S/C30H35NO3/c1-2-3-4-5-9-16-29(32)31(22-21-24-12-7-6-8-13-24)23-25-17-19-26(20-18-25)27-14-10-11-15-28(27)30(33)34/h6-8,10-15,17-20H,2-5,9,16,21-23H2,1H3,(H,33,34). The molecule has 3 aromatic rings. The Hall–Kier alpha value is -3.40. The van der Waals surface area contributed by atoms with Crippen molar-refractivity contribution in [1.82, 2.24) is 4.90 Å². The fraction of sp³-hybridized carbons (Fsp3) is 0.333. The summed E-state index contributed by atoms with van der Waals surface area (Å²) in [7, 11) is 0. The molecule has 4 nitrogen and oxygen atoms in total. The van der Waals surface area contributed by atoms with Crippen LogP contribution in [0.1, 0.15) is 66.9 Å². The van der Waals surface area contributed by atoms with E-state index >= 15 is 0 Å². The van der Waals surface area contributed by atoms with Gasteiger partial charge in [-0.15, -0.1) is 0 Å². The van der Waals surface area contributed by atoms with Gasteiger partial charge in [0.2, 0.25) is 5.91 Å². The molecule has 0 radical (unpaired) electrons. The van der Waals surface area contributed by atoms with E-state index in [1.54, 1.807) is 12.1 Å². The fourth-order valence-corrected chi connectivity index (χ4v) is 4.17. The maximum absolute atomic E-state index is 13.1. The van der Waals surface area contributed by atoms with Crippen LogP contribution in [0.5, 0.6) is 0 Å². The number of benzene rings is 3. The number of rotatable bonds is 13. The van der Waals surface area contributed by atoms with Gasteiger partial charge in [0.1, 0.15) is 0 Å². The van der Waals surface area contributed by atoms with Crippen LogP contribution in [0.3, 0.4) is 0 Å². The molecule has 0 aliphatic carbocycles. The largest absolute Gasteiger partial charge is 0.478 e. The van der Waals surface area contributed by atoms with Crippen molar-refractivity contribution in [3.05, 3.63) is 95.6 Å². The average Bonchev–Trinajstić information content (AvgIpc) is 2.87. The molecular formula is C30H35NO3. The highest BCUT2D eigenvalue weighted by atomic mass is 16.4. The van der Waals surface area contributed by atoms with Gasteiger partial charge >= 0.3 is 5.97 Å². The van der Waals surface area contributed by atoms with Crippen LogP contribution in [0.4, 0.5) is 0 Å². The Kier molecular flexibility index (Phi) is 9.90. The lowest BCUT2D eigenvalue weighted by Crippen LogP contribution is -2.32. The average molecular weight is 458 g/mol. The lowest BCUT2D eigenvalue weighted by Gasteiger charge is -2.23. The van der Waals surface area contributed by atoms with Crippen molar-refractivity contribution in [2.45, 2.75) is 58.4 Å². The number of nitrogens with zero attached hydrogens (tertiary/aromatic N) is 1. The van der Waals surface area contributed by atoms with Crippen LogP contribution in [0.25, 0.3) is 11.1 Å². The number of amides is 1. The Morgan fingerprint density at radius 3 is 2.15 bits per heavy atom. The normalized spacial score (nSPS) is 10.7. The number of carboxylic acid groups (broad SMARTS) is 1. The second-order valence-corrected chi connectivity index (χ2v) is 8.76. The van der Waals surface area contributed by atoms with E-state index in [-0.39, 0.29) is 11.5 Å². The van der Waals surface area contributed by atoms with Crippen LogP contribution >= 0.6 is 0 Å². The molecule has 3 rings (SSSR count). The monoisotopic (exact) mass is 457 g/mol. The Morgan fingerprint density at radius 1 is 0.765 bits per heavy atom. The highest BCUT2D eigenvalue weighted by Gasteiger charge is 2.15. The minimum Gasteiger partial charge on any atom is -0.478 e. The van der Waals surface area contributed by atoms with E-state index in [4.69, 9.17) is 0 Å². The number of aromatic carboxylic acids is 1. The van der Waals surface area contributed by atoms with Gasteiger partial charge in [-0.25, -0.2) is 4.79 Å². The van der Waals surface area contributed by atoms with Gasteiger partial charge in [0, 0.05) is 19.5 Å². The zero-order chi connectivity index (χ0) is 24.2. The molecule has 0 saturated heterocycles. The molecule has 0 fully saturated rings. The number of hydrogen-bond donors (Lipinski definition) is 1. The van der Waals surface area contributed by atoms with Crippen LogP contribution < -0.4 is 0 Å². The van der Waals surface area contributed by atoms with Gasteiger partial charge in [-0.1, -0.05) is 105 Å². The number of carbonyl (C=O) groups is 2. The lowest BCUT2D eigenvalue weighted by atomic mass is 9.98. The molecule has 0 atom stereocenters. The minimum atomic E-state index is -0.934. The molecule has 0 unspecified atom stereocenters. The van der Waals surface area contributed by atoms with Crippen molar-refractivity contribution in [1.29, 1.82) is 0 Å². The second-order valence-electron chi connectivity index (χ2n) is 8.76. The van der Waals surface area contributed by atoms with Gasteiger partial charge < -0.3 is 10.0 Å². The molecule has 0 saturated carbocycles. The highest BCUT2D eigenvalue weighted by molar-refractivity contribution is 5.96. The molecule has 34 heavy (non-hydrogen) atoms. The second kappa shape index (κ2) is 13.3. The molecule has 0 aromatic heterocycles. The van der Waals surface area contributed by atoms with Crippen molar-refractivity contribution >= 4 is 11.9 Å². The van der Waals surface area contributed by atoms with Gasteiger partial charge in [-0.2, -0.15) is 0 Å². The number of unbranched alkanes of at least 4 members (excludes halogenated alkanes) is 4. The van der Waals surface area contributed by atoms with Crippen LogP contribution in [-0.2, 0) is 17.8 Å².